The van der Waals surface area contributed by atoms with Crippen LogP contribution in [0.4, 0.5) is 0 Å². The van der Waals surface area contributed by atoms with Crippen LogP contribution in [0, 0.1) is 5.92 Å². The van der Waals surface area contributed by atoms with E-state index in [9.17, 15) is 4.79 Å². The number of benzene rings is 1. The molecule has 0 saturated carbocycles. The Morgan fingerprint density at radius 2 is 2.12 bits per heavy atom. The van der Waals surface area contributed by atoms with E-state index in [0.29, 0.717) is 12.2 Å². The zero-order chi connectivity index (χ0) is 12.7. The van der Waals surface area contributed by atoms with Crippen molar-refractivity contribution in [3.8, 4) is 5.75 Å². The van der Waals surface area contributed by atoms with Crippen molar-refractivity contribution in [2.24, 2.45) is 5.92 Å². The largest absolute Gasteiger partial charge is 0.486 e. The van der Waals surface area contributed by atoms with Gasteiger partial charge in [-0.3, -0.25) is 4.79 Å². The Balaban J connectivity index is 2.59. The number of para-hydroxylation sites is 1. The van der Waals surface area contributed by atoms with Crippen LogP contribution in [0.1, 0.15) is 25.8 Å². The van der Waals surface area contributed by atoms with E-state index in [1.165, 1.54) is 0 Å². The molecule has 0 fully saturated rings. The highest BCUT2D eigenvalue weighted by Crippen LogP contribution is 2.18. The summed E-state index contributed by atoms with van der Waals surface area (Å²) < 4.78 is 5.51. The zero-order valence-electron chi connectivity index (χ0n) is 10.5. The molecule has 3 nitrogen and oxygen atoms in total. The molecule has 94 valence electrons. The van der Waals surface area contributed by atoms with Gasteiger partial charge in [0.15, 0.2) is 5.78 Å². The van der Waals surface area contributed by atoms with Gasteiger partial charge in [0.05, 0.1) is 0 Å². The molecule has 0 aromatic heterocycles. The van der Waals surface area contributed by atoms with E-state index in [2.05, 4.69) is 0 Å². The molecule has 0 aliphatic heterocycles. The second-order valence-corrected chi connectivity index (χ2v) is 4.15. The normalized spacial score (nSPS) is 12.2. The standard InChI is InChI=1S/C14H20O3/c1-3-11(2)13(16)10-17-14-7-5-4-6-12(14)8-9-15/h4-7,11,15H,3,8-10H2,1-2H3. The van der Waals surface area contributed by atoms with Crippen molar-refractivity contribution >= 4 is 5.78 Å². The molecule has 3 heteroatoms. The third kappa shape index (κ3) is 4.19. The molecule has 1 N–H and O–H groups in total. The first-order valence-electron chi connectivity index (χ1n) is 6.03. The van der Waals surface area contributed by atoms with Gasteiger partial charge in [-0.15, -0.1) is 0 Å². The Labute approximate surface area is 102 Å². The number of hydrogen-bond acceptors (Lipinski definition) is 3. The molecule has 1 aromatic rings. The maximum absolute atomic E-state index is 11.6. The van der Waals surface area contributed by atoms with Crippen molar-refractivity contribution in [2.75, 3.05) is 13.2 Å². The average Bonchev–Trinajstić information content (AvgIpc) is 2.36. The van der Waals surface area contributed by atoms with Crippen molar-refractivity contribution in [2.45, 2.75) is 26.7 Å². The number of aliphatic hydroxyl groups excluding tert-OH is 1. The molecule has 1 rings (SSSR count). The van der Waals surface area contributed by atoms with Gasteiger partial charge in [0.1, 0.15) is 12.4 Å². The number of rotatable bonds is 7. The molecule has 0 radical (unpaired) electrons. The Kier molecular flexibility index (Phi) is 5.70. The summed E-state index contributed by atoms with van der Waals surface area (Å²) in [5.41, 5.74) is 0.937. The Bertz CT molecular complexity index is 360. The highest BCUT2D eigenvalue weighted by atomic mass is 16.5. The van der Waals surface area contributed by atoms with Crippen molar-refractivity contribution in [3.05, 3.63) is 29.8 Å². The SMILES string of the molecule is CCC(C)C(=O)COc1ccccc1CCO. The maximum Gasteiger partial charge on any atom is 0.172 e. The number of Topliss-reactive ketones (excluding diaryl/α,β-unsaturated/α-hetero) is 1. The quantitative estimate of drug-likeness (QED) is 0.789. The minimum Gasteiger partial charge on any atom is -0.486 e. The van der Waals surface area contributed by atoms with E-state index in [1.807, 2.05) is 38.1 Å². The first-order chi connectivity index (χ1) is 8.19. The summed E-state index contributed by atoms with van der Waals surface area (Å²) in [7, 11) is 0. The number of carbonyl (C=O) groups excluding carboxylic acids is 1. The molecule has 0 bridgehead atoms. The van der Waals surface area contributed by atoms with Crippen LogP contribution in [0.3, 0.4) is 0 Å². The van der Waals surface area contributed by atoms with Crippen LogP contribution in [0.2, 0.25) is 0 Å². The molecule has 1 atom stereocenters. The summed E-state index contributed by atoms with van der Waals surface area (Å²) in [5.74, 6) is 0.851. The van der Waals surface area contributed by atoms with E-state index in [4.69, 9.17) is 9.84 Å². The molecule has 1 unspecified atom stereocenters. The van der Waals surface area contributed by atoms with Crippen LogP contribution in [0.25, 0.3) is 0 Å². The van der Waals surface area contributed by atoms with Crippen LogP contribution in [0.5, 0.6) is 5.75 Å². The number of ketones is 1. The summed E-state index contributed by atoms with van der Waals surface area (Å²) >= 11 is 0. The zero-order valence-corrected chi connectivity index (χ0v) is 10.5. The van der Waals surface area contributed by atoms with E-state index < -0.39 is 0 Å². The lowest BCUT2D eigenvalue weighted by Crippen LogP contribution is -2.19. The van der Waals surface area contributed by atoms with Gasteiger partial charge in [-0.1, -0.05) is 32.0 Å². The average molecular weight is 236 g/mol. The van der Waals surface area contributed by atoms with Gasteiger partial charge in [-0.2, -0.15) is 0 Å². The summed E-state index contributed by atoms with van der Waals surface area (Å²) in [6.07, 6.45) is 1.38. The van der Waals surface area contributed by atoms with Gasteiger partial charge >= 0.3 is 0 Å². The Hall–Kier alpha value is -1.35. The molecule has 17 heavy (non-hydrogen) atoms. The van der Waals surface area contributed by atoms with Crippen LogP contribution in [-0.2, 0) is 11.2 Å². The van der Waals surface area contributed by atoms with Gasteiger partial charge < -0.3 is 9.84 Å². The van der Waals surface area contributed by atoms with E-state index in [0.717, 1.165) is 12.0 Å². The Morgan fingerprint density at radius 3 is 2.76 bits per heavy atom. The van der Waals surface area contributed by atoms with Crippen LogP contribution in [0.15, 0.2) is 24.3 Å². The predicted molar refractivity (Wildman–Crippen MR) is 67.2 cm³/mol. The number of hydrogen-bond donors (Lipinski definition) is 1. The summed E-state index contributed by atoms with van der Waals surface area (Å²) in [6.45, 7) is 4.09. The van der Waals surface area contributed by atoms with Crippen molar-refractivity contribution < 1.29 is 14.6 Å². The molecular formula is C14H20O3. The van der Waals surface area contributed by atoms with Crippen LogP contribution in [-0.4, -0.2) is 24.1 Å². The summed E-state index contributed by atoms with van der Waals surface area (Å²) in [5, 5.41) is 8.93. The lowest BCUT2D eigenvalue weighted by molar-refractivity contribution is -0.124. The molecule has 0 aliphatic carbocycles. The van der Waals surface area contributed by atoms with Gasteiger partial charge in [-0.05, 0) is 24.5 Å². The van der Waals surface area contributed by atoms with Crippen molar-refractivity contribution in [1.82, 2.24) is 0 Å². The third-order valence-electron chi connectivity index (χ3n) is 2.89. The van der Waals surface area contributed by atoms with Crippen molar-refractivity contribution in [1.29, 1.82) is 0 Å². The highest BCUT2D eigenvalue weighted by molar-refractivity contribution is 5.82. The van der Waals surface area contributed by atoms with Gasteiger partial charge in [0.2, 0.25) is 0 Å². The van der Waals surface area contributed by atoms with Crippen molar-refractivity contribution in [3.63, 3.8) is 0 Å². The minimum absolute atomic E-state index is 0.0417. The second-order valence-electron chi connectivity index (χ2n) is 4.15. The van der Waals surface area contributed by atoms with E-state index >= 15 is 0 Å². The summed E-state index contributed by atoms with van der Waals surface area (Å²) in [4.78, 5) is 11.6. The fourth-order valence-electron chi connectivity index (χ4n) is 1.49. The monoisotopic (exact) mass is 236 g/mol. The molecule has 1 aromatic carbocycles. The van der Waals surface area contributed by atoms with Crippen LogP contribution < -0.4 is 4.74 Å². The number of carbonyl (C=O) groups is 1. The topological polar surface area (TPSA) is 46.5 Å². The molecule has 0 spiro atoms. The molecule has 0 saturated heterocycles. The molecule has 0 amide bonds. The summed E-state index contributed by atoms with van der Waals surface area (Å²) in [6, 6.07) is 7.49. The Morgan fingerprint density at radius 1 is 1.41 bits per heavy atom. The maximum atomic E-state index is 11.6. The van der Waals surface area contributed by atoms with Gasteiger partial charge in [0.25, 0.3) is 0 Å². The molecule has 0 aliphatic rings. The minimum atomic E-state index is 0.0417. The fraction of sp³-hybridized carbons (Fsp3) is 0.500. The second kappa shape index (κ2) is 7.07. The predicted octanol–water partition coefficient (Wildman–Crippen LogP) is 2.22. The highest BCUT2D eigenvalue weighted by Gasteiger charge is 2.12. The van der Waals surface area contributed by atoms with E-state index in [-0.39, 0.29) is 24.9 Å². The molecule has 0 heterocycles. The fourth-order valence-corrected chi connectivity index (χ4v) is 1.49. The number of aliphatic hydroxyl groups is 1. The first-order valence-corrected chi connectivity index (χ1v) is 6.03. The van der Waals surface area contributed by atoms with Crippen LogP contribution >= 0.6 is 0 Å². The third-order valence-corrected chi connectivity index (χ3v) is 2.89. The first kappa shape index (κ1) is 13.7. The van der Waals surface area contributed by atoms with E-state index in [1.54, 1.807) is 0 Å². The lowest BCUT2D eigenvalue weighted by Gasteiger charge is -2.12. The smallest absolute Gasteiger partial charge is 0.172 e. The van der Waals surface area contributed by atoms with Gasteiger partial charge in [-0.25, -0.2) is 0 Å². The lowest BCUT2D eigenvalue weighted by atomic mass is 10.0. The number of ether oxygens (including phenoxy) is 1. The molecular weight excluding hydrogens is 216 g/mol. The van der Waals surface area contributed by atoms with Gasteiger partial charge in [0, 0.05) is 12.5 Å².